The van der Waals surface area contributed by atoms with Crippen LogP contribution in [0, 0.1) is 0 Å². The maximum atomic E-state index is 11.7. The molecule has 0 bridgehead atoms. The summed E-state index contributed by atoms with van der Waals surface area (Å²) in [5.41, 5.74) is 0.891. The summed E-state index contributed by atoms with van der Waals surface area (Å²) in [6.07, 6.45) is 0.464. The Morgan fingerprint density at radius 3 is 2.67 bits per heavy atom. The highest BCUT2D eigenvalue weighted by Gasteiger charge is 2.20. The van der Waals surface area contributed by atoms with Gasteiger partial charge in [0.2, 0.25) is 0 Å². The van der Waals surface area contributed by atoms with E-state index in [4.69, 9.17) is 14.6 Å². The summed E-state index contributed by atoms with van der Waals surface area (Å²) < 4.78 is 10.6. The molecule has 1 aromatic carbocycles. The van der Waals surface area contributed by atoms with E-state index in [0.29, 0.717) is 25.2 Å². The van der Waals surface area contributed by atoms with Crippen molar-refractivity contribution in [1.29, 1.82) is 0 Å². The van der Waals surface area contributed by atoms with Gasteiger partial charge >= 0.3 is 5.97 Å². The van der Waals surface area contributed by atoms with E-state index in [2.05, 4.69) is 0 Å². The van der Waals surface area contributed by atoms with E-state index in [9.17, 15) is 4.79 Å². The number of hydrogen-bond acceptors (Lipinski definition) is 4. The summed E-state index contributed by atoms with van der Waals surface area (Å²) in [6.45, 7) is 4.04. The number of esters is 1. The zero-order valence-electron chi connectivity index (χ0n) is 10.9. The van der Waals surface area contributed by atoms with Crippen LogP contribution in [0.15, 0.2) is 24.3 Å². The third-order valence-electron chi connectivity index (χ3n) is 2.54. The monoisotopic (exact) mass is 252 g/mol. The molecule has 1 atom stereocenters. The second kappa shape index (κ2) is 7.71. The lowest BCUT2D eigenvalue weighted by Gasteiger charge is -2.18. The van der Waals surface area contributed by atoms with Crippen molar-refractivity contribution in [2.24, 2.45) is 0 Å². The van der Waals surface area contributed by atoms with E-state index in [1.807, 2.05) is 25.1 Å². The molecule has 1 unspecified atom stereocenters. The number of aliphatic hydroxyl groups excluding tert-OH is 1. The van der Waals surface area contributed by atoms with Crippen LogP contribution in [0.1, 0.15) is 25.8 Å². The Bertz CT molecular complexity index is 376. The molecular weight excluding hydrogens is 232 g/mol. The topological polar surface area (TPSA) is 55.8 Å². The van der Waals surface area contributed by atoms with Gasteiger partial charge in [0.15, 0.2) is 6.10 Å². The molecule has 4 heteroatoms. The van der Waals surface area contributed by atoms with Crippen LogP contribution in [0.2, 0.25) is 0 Å². The largest absolute Gasteiger partial charge is 0.478 e. The normalized spacial score (nSPS) is 11.9. The first-order valence-corrected chi connectivity index (χ1v) is 6.25. The van der Waals surface area contributed by atoms with Crippen molar-refractivity contribution in [1.82, 2.24) is 0 Å². The van der Waals surface area contributed by atoms with Gasteiger partial charge < -0.3 is 14.6 Å². The Labute approximate surface area is 108 Å². The number of aliphatic hydroxyl groups is 1. The Kier molecular flexibility index (Phi) is 6.22. The summed E-state index contributed by atoms with van der Waals surface area (Å²) in [6, 6.07) is 7.40. The van der Waals surface area contributed by atoms with Gasteiger partial charge in [-0.3, -0.25) is 0 Å². The molecule has 0 radical (unpaired) electrons. The van der Waals surface area contributed by atoms with Gasteiger partial charge in [-0.2, -0.15) is 0 Å². The molecule has 0 heterocycles. The highest BCUT2D eigenvalue weighted by Crippen LogP contribution is 2.21. The molecule has 1 N–H and O–H groups in total. The SMILES string of the molecule is CCOC(=O)C(CC)Oc1ccccc1CCO. The summed E-state index contributed by atoms with van der Waals surface area (Å²) in [4.78, 5) is 11.7. The maximum absolute atomic E-state index is 11.7. The fraction of sp³-hybridized carbons (Fsp3) is 0.500. The average Bonchev–Trinajstić information content (AvgIpc) is 2.38. The molecule has 0 saturated heterocycles. The van der Waals surface area contributed by atoms with Crippen molar-refractivity contribution >= 4 is 5.97 Å². The summed E-state index contributed by atoms with van der Waals surface area (Å²) in [7, 11) is 0. The Hall–Kier alpha value is -1.55. The molecule has 0 aliphatic carbocycles. The van der Waals surface area contributed by atoms with Gasteiger partial charge in [-0.25, -0.2) is 4.79 Å². The Morgan fingerprint density at radius 2 is 2.06 bits per heavy atom. The first kappa shape index (κ1) is 14.5. The molecule has 0 fully saturated rings. The first-order valence-electron chi connectivity index (χ1n) is 6.25. The highest BCUT2D eigenvalue weighted by molar-refractivity contribution is 5.75. The molecule has 1 rings (SSSR count). The van der Waals surface area contributed by atoms with Crippen molar-refractivity contribution in [2.75, 3.05) is 13.2 Å². The minimum absolute atomic E-state index is 0.0522. The minimum Gasteiger partial charge on any atom is -0.478 e. The van der Waals surface area contributed by atoms with Crippen LogP contribution in [0.4, 0.5) is 0 Å². The molecule has 0 aliphatic heterocycles. The molecule has 100 valence electrons. The van der Waals surface area contributed by atoms with Crippen LogP contribution in [0.5, 0.6) is 5.75 Å². The number of benzene rings is 1. The molecule has 0 amide bonds. The van der Waals surface area contributed by atoms with E-state index in [0.717, 1.165) is 5.56 Å². The smallest absolute Gasteiger partial charge is 0.347 e. The fourth-order valence-corrected chi connectivity index (χ4v) is 1.63. The quantitative estimate of drug-likeness (QED) is 0.753. The first-order chi connectivity index (χ1) is 8.72. The summed E-state index contributed by atoms with van der Waals surface area (Å²) in [5, 5.41) is 8.98. The van der Waals surface area contributed by atoms with E-state index in [1.54, 1.807) is 13.0 Å². The standard InChI is InChI=1S/C14H20O4/c1-3-12(14(16)17-4-2)18-13-8-6-5-7-11(13)9-10-15/h5-8,12,15H,3-4,9-10H2,1-2H3. The Balaban J connectivity index is 2.77. The molecular formula is C14H20O4. The maximum Gasteiger partial charge on any atom is 0.347 e. The van der Waals surface area contributed by atoms with Gasteiger partial charge in [-0.15, -0.1) is 0 Å². The van der Waals surface area contributed by atoms with Gasteiger partial charge in [-0.05, 0) is 31.4 Å². The molecule has 0 aromatic heterocycles. The summed E-state index contributed by atoms with van der Waals surface area (Å²) >= 11 is 0. The number of carbonyl (C=O) groups excluding carboxylic acids is 1. The van der Waals surface area contributed by atoms with Crippen LogP contribution in [0.3, 0.4) is 0 Å². The van der Waals surface area contributed by atoms with Crippen molar-refractivity contribution in [3.8, 4) is 5.75 Å². The number of rotatable bonds is 7. The lowest BCUT2D eigenvalue weighted by atomic mass is 10.1. The number of hydrogen-bond donors (Lipinski definition) is 1. The summed E-state index contributed by atoms with van der Waals surface area (Å²) in [5.74, 6) is 0.283. The molecule has 18 heavy (non-hydrogen) atoms. The fourth-order valence-electron chi connectivity index (χ4n) is 1.63. The third-order valence-corrected chi connectivity index (χ3v) is 2.54. The van der Waals surface area contributed by atoms with Gasteiger partial charge in [0.25, 0.3) is 0 Å². The third kappa shape index (κ3) is 4.04. The van der Waals surface area contributed by atoms with Gasteiger partial charge in [-0.1, -0.05) is 25.1 Å². The number of ether oxygens (including phenoxy) is 2. The van der Waals surface area contributed by atoms with E-state index in [-0.39, 0.29) is 12.6 Å². The molecule has 0 spiro atoms. The van der Waals surface area contributed by atoms with Crippen LogP contribution in [-0.4, -0.2) is 30.4 Å². The predicted molar refractivity (Wildman–Crippen MR) is 68.6 cm³/mol. The Morgan fingerprint density at radius 1 is 1.33 bits per heavy atom. The highest BCUT2D eigenvalue weighted by atomic mass is 16.6. The second-order valence-electron chi connectivity index (χ2n) is 3.85. The average molecular weight is 252 g/mol. The van der Waals surface area contributed by atoms with E-state index >= 15 is 0 Å². The van der Waals surface area contributed by atoms with Gasteiger partial charge in [0.05, 0.1) is 6.61 Å². The van der Waals surface area contributed by atoms with Crippen LogP contribution in [-0.2, 0) is 16.0 Å². The van der Waals surface area contributed by atoms with Crippen molar-refractivity contribution in [3.05, 3.63) is 29.8 Å². The lowest BCUT2D eigenvalue weighted by molar-refractivity contribution is -0.151. The molecule has 0 aliphatic rings. The molecule has 4 nitrogen and oxygen atoms in total. The van der Waals surface area contributed by atoms with Crippen LogP contribution in [0.25, 0.3) is 0 Å². The second-order valence-corrected chi connectivity index (χ2v) is 3.85. The minimum atomic E-state index is -0.593. The van der Waals surface area contributed by atoms with Crippen molar-refractivity contribution < 1.29 is 19.4 Å². The molecule has 0 saturated carbocycles. The zero-order valence-corrected chi connectivity index (χ0v) is 10.9. The van der Waals surface area contributed by atoms with E-state index < -0.39 is 6.10 Å². The number of para-hydroxylation sites is 1. The van der Waals surface area contributed by atoms with Crippen LogP contribution < -0.4 is 4.74 Å². The van der Waals surface area contributed by atoms with Gasteiger partial charge in [0, 0.05) is 6.61 Å². The zero-order chi connectivity index (χ0) is 13.4. The van der Waals surface area contributed by atoms with Crippen LogP contribution >= 0.6 is 0 Å². The van der Waals surface area contributed by atoms with Crippen molar-refractivity contribution in [2.45, 2.75) is 32.8 Å². The van der Waals surface area contributed by atoms with E-state index in [1.165, 1.54) is 0 Å². The lowest BCUT2D eigenvalue weighted by Crippen LogP contribution is -2.29. The van der Waals surface area contributed by atoms with Gasteiger partial charge in [0.1, 0.15) is 5.75 Å². The number of carbonyl (C=O) groups is 1. The molecule has 1 aromatic rings. The predicted octanol–water partition coefficient (Wildman–Crippen LogP) is 1.94. The van der Waals surface area contributed by atoms with Crippen molar-refractivity contribution in [3.63, 3.8) is 0 Å².